The van der Waals surface area contributed by atoms with Gasteiger partial charge in [-0.2, -0.15) is 4.98 Å². The maximum absolute atomic E-state index is 5.88. The minimum absolute atomic E-state index is 0.519. The standard InChI is InChI=1S/C22H18N2O2/c1-16-8-5-6-13-20(16)22-23-21(24-26-22)18-11-7-12-19(14-18)25-15-17-9-3-2-4-10-17/h2-14H,15H2,1H3. The van der Waals surface area contributed by atoms with Gasteiger partial charge in [-0.25, -0.2) is 0 Å². The molecular weight excluding hydrogens is 324 g/mol. The molecule has 0 unspecified atom stereocenters. The fourth-order valence-corrected chi connectivity index (χ4v) is 2.73. The maximum Gasteiger partial charge on any atom is 0.258 e. The van der Waals surface area contributed by atoms with Crippen LogP contribution in [0.3, 0.4) is 0 Å². The molecule has 0 fully saturated rings. The summed E-state index contributed by atoms with van der Waals surface area (Å²) in [6.07, 6.45) is 0. The van der Waals surface area contributed by atoms with Gasteiger partial charge in [0.15, 0.2) is 0 Å². The Morgan fingerprint density at radius 1 is 0.885 bits per heavy atom. The Balaban J connectivity index is 1.54. The molecule has 0 spiro atoms. The van der Waals surface area contributed by atoms with E-state index in [2.05, 4.69) is 10.1 Å². The minimum atomic E-state index is 0.519. The highest BCUT2D eigenvalue weighted by Gasteiger charge is 2.12. The normalized spacial score (nSPS) is 10.7. The fraction of sp³-hybridized carbons (Fsp3) is 0.0909. The van der Waals surface area contributed by atoms with E-state index in [1.54, 1.807) is 0 Å². The lowest BCUT2D eigenvalue weighted by atomic mass is 10.1. The smallest absolute Gasteiger partial charge is 0.258 e. The number of benzene rings is 3. The van der Waals surface area contributed by atoms with Gasteiger partial charge in [-0.15, -0.1) is 0 Å². The molecule has 0 saturated carbocycles. The highest BCUT2D eigenvalue weighted by molar-refractivity contribution is 5.63. The van der Waals surface area contributed by atoms with Crippen molar-refractivity contribution in [2.75, 3.05) is 0 Å². The Bertz CT molecular complexity index is 1010. The molecule has 0 aliphatic rings. The topological polar surface area (TPSA) is 48.2 Å². The van der Waals surface area contributed by atoms with E-state index in [1.807, 2.05) is 85.8 Å². The second kappa shape index (κ2) is 7.23. The number of aromatic nitrogens is 2. The van der Waals surface area contributed by atoms with Crippen molar-refractivity contribution in [2.45, 2.75) is 13.5 Å². The molecular formula is C22H18N2O2. The zero-order valence-electron chi connectivity index (χ0n) is 14.4. The van der Waals surface area contributed by atoms with Gasteiger partial charge < -0.3 is 9.26 Å². The minimum Gasteiger partial charge on any atom is -0.489 e. The molecule has 0 bridgehead atoms. The van der Waals surface area contributed by atoms with Crippen LogP contribution in [0, 0.1) is 6.92 Å². The van der Waals surface area contributed by atoms with Gasteiger partial charge in [-0.1, -0.05) is 65.8 Å². The van der Waals surface area contributed by atoms with Crippen molar-refractivity contribution < 1.29 is 9.26 Å². The average molecular weight is 342 g/mol. The molecule has 4 heteroatoms. The molecule has 0 amide bonds. The SMILES string of the molecule is Cc1ccccc1-c1nc(-c2cccc(OCc3ccccc3)c2)no1. The maximum atomic E-state index is 5.88. The summed E-state index contributed by atoms with van der Waals surface area (Å²) in [5, 5.41) is 4.12. The quantitative estimate of drug-likeness (QED) is 0.494. The van der Waals surface area contributed by atoms with Gasteiger partial charge in [0.25, 0.3) is 5.89 Å². The van der Waals surface area contributed by atoms with Crippen molar-refractivity contribution >= 4 is 0 Å². The van der Waals surface area contributed by atoms with Crippen molar-refractivity contribution in [2.24, 2.45) is 0 Å². The van der Waals surface area contributed by atoms with Crippen molar-refractivity contribution in [1.29, 1.82) is 0 Å². The number of hydrogen-bond acceptors (Lipinski definition) is 4. The Kier molecular flexibility index (Phi) is 4.48. The first kappa shape index (κ1) is 16.1. The van der Waals surface area contributed by atoms with Crippen LogP contribution in [0.1, 0.15) is 11.1 Å². The highest BCUT2D eigenvalue weighted by Crippen LogP contribution is 2.26. The third-order valence-corrected chi connectivity index (χ3v) is 4.14. The molecule has 4 aromatic rings. The Morgan fingerprint density at radius 2 is 1.69 bits per heavy atom. The third kappa shape index (κ3) is 3.49. The predicted molar refractivity (Wildman–Crippen MR) is 101 cm³/mol. The Morgan fingerprint density at radius 3 is 2.54 bits per heavy atom. The summed E-state index contributed by atoms with van der Waals surface area (Å²) in [5.74, 6) is 1.84. The van der Waals surface area contributed by atoms with Crippen LogP contribution in [-0.2, 0) is 6.61 Å². The Hall–Kier alpha value is -3.40. The van der Waals surface area contributed by atoms with Crippen LogP contribution >= 0.6 is 0 Å². The van der Waals surface area contributed by atoms with Gasteiger partial charge in [-0.3, -0.25) is 0 Å². The molecule has 0 saturated heterocycles. The third-order valence-electron chi connectivity index (χ3n) is 4.14. The first-order chi connectivity index (χ1) is 12.8. The molecule has 0 aliphatic carbocycles. The monoisotopic (exact) mass is 342 g/mol. The molecule has 0 aliphatic heterocycles. The van der Waals surface area contributed by atoms with Crippen LogP contribution < -0.4 is 4.74 Å². The lowest BCUT2D eigenvalue weighted by molar-refractivity contribution is 0.306. The summed E-state index contributed by atoms with van der Waals surface area (Å²) >= 11 is 0. The van der Waals surface area contributed by atoms with Crippen LogP contribution in [0.5, 0.6) is 5.75 Å². The molecule has 128 valence electrons. The number of nitrogens with zero attached hydrogens (tertiary/aromatic N) is 2. The van der Waals surface area contributed by atoms with Crippen molar-refractivity contribution in [3.63, 3.8) is 0 Å². The van der Waals surface area contributed by atoms with Crippen molar-refractivity contribution in [3.05, 3.63) is 90.0 Å². The summed E-state index contributed by atoms with van der Waals surface area (Å²) in [6, 6.07) is 25.8. The summed E-state index contributed by atoms with van der Waals surface area (Å²) in [5.41, 5.74) is 4.03. The predicted octanol–water partition coefficient (Wildman–Crippen LogP) is 5.29. The molecule has 1 heterocycles. The van der Waals surface area contributed by atoms with E-state index in [1.165, 1.54) is 0 Å². The van der Waals surface area contributed by atoms with E-state index >= 15 is 0 Å². The summed E-state index contributed by atoms with van der Waals surface area (Å²) < 4.78 is 11.3. The molecule has 1 aromatic heterocycles. The number of rotatable bonds is 5. The lowest BCUT2D eigenvalue weighted by Gasteiger charge is -2.06. The van der Waals surface area contributed by atoms with Gasteiger partial charge in [0.2, 0.25) is 5.82 Å². The first-order valence-electron chi connectivity index (χ1n) is 8.46. The highest BCUT2D eigenvalue weighted by atomic mass is 16.5. The van der Waals surface area contributed by atoms with Crippen molar-refractivity contribution in [1.82, 2.24) is 10.1 Å². The van der Waals surface area contributed by atoms with Crippen LogP contribution in [0.2, 0.25) is 0 Å². The fourth-order valence-electron chi connectivity index (χ4n) is 2.73. The number of aryl methyl sites for hydroxylation is 1. The molecule has 0 atom stereocenters. The van der Waals surface area contributed by atoms with Gasteiger partial charge in [0.1, 0.15) is 12.4 Å². The second-order valence-corrected chi connectivity index (χ2v) is 6.04. The second-order valence-electron chi connectivity index (χ2n) is 6.04. The van der Waals surface area contributed by atoms with Gasteiger partial charge in [-0.05, 0) is 36.2 Å². The van der Waals surface area contributed by atoms with Gasteiger partial charge in [0.05, 0.1) is 0 Å². The summed E-state index contributed by atoms with van der Waals surface area (Å²) in [6.45, 7) is 2.54. The molecule has 3 aromatic carbocycles. The van der Waals surface area contributed by atoms with Crippen LogP contribution in [-0.4, -0.2) is 10.1 Å². The summed E-state index contributed by atoms with van der Waals surface area (Å²) in [7, 11) is 0. The number of ether oxygens (including phenoxy) is 1. The van der Waals surface area contributed by atoms with Gasteiger partial charge in [0, 0.05) is 11.1 Å². The van der Waals surface area contributed by atoms with E-state index < -0.39 is 0 Å². The zero-order valence-corrected chi connectivity index (χ0v) is 14.4. The average Bonchev–Trinajstić information content (AvgIpc) is 3.18. The van der Waals surface area contributed by atoms with Gasteiger partial charge >= 0.3 is 0 Å². The molecule has 0 radical (unpaired) electrons. The van der Waals surface area contributed by atoms with E-state index in [4.69, 9.17) is 9.26 Å². The molecule has 0 N–H and O–H groups in total. The lowest BCUT2D eigenvalue weighted by Crippen LogP contribution is -1.95. The van der Waals surface area contributed by atoms with Crippen LogP contribution in [0.15, 0.2) is 83.4 Å². The van der Waals surface area contributed by atoms with E-state index in [-0.39, 0.29) is 0 Å². The summed E-state index contributed by atoms with van der Waals surface area (Å²) in [4.78, 5) is 4.54. The molecule has 26 heavy (non-hydrogen) atoms. The van der Waals surface area contributed by atoms with Crippen molar-refractivity contribution in [3.8, 4) is 28.6 Å². The molecule has 4 rings (SSSR count). The van der Waals surface area contributed by atoms with Crippen LogP contribution in [0.4, 0.5) is 0 Å². The van der Waals surface area contributed by atoms with E-state index in [9.17, 15) is 0 Å². The van der Waals surface area contributed by atoms with E-state index in [0.717, 1.165) is 28.0 Å². The largest absolute Gasteiger partial charge is 0.489 e. The Labute approximate surface area is 152 Å². The number of hydrogen-bond donors (Lipinski definition) is 0. The molecule has 4 nitrogen and oxygen atoms in total. The van der Waals surface area contributed by atoms with Crippen LogP contribution in [0.25, 0.3) is 22.8 Å². The first-order valence-corrected chi connectivity index (χ1v) is 8.46. The zero-order chi connectivity index (χ0) is 17.8. The van der Waals surface area contributed by atoms with E-state index in [0.29, 0.717) is 18.3 Å².